The third-order valence-electron chi connectivity index (χ3n) is 6.34. The van der Waals surface area contributed by atoms with E-state index in [0.717, 1.165) is 11.8 Å². The Bertz CT molecular complexity index is 383. The highest BCUT2D eigenvalue weighted by Crippen LogP contribution is 2.46. The summed E-state index contributed by atoms with van der Waals surface area (Å²) in [7, 11) is 0. The summed E-state index contributed by atoms with van der Waals surface area (Å²) in [6.07, 6.45) is 17.5. The van der Waals surface area contributed by atoms with E-state index in [-0.39, 0.29) is 0 Å². The molecule has 2 heteroatoms. The summed E-state index contributed by atoms with van der Waals surface area (Å²) in [6, 6.07) is 0. The minimum absolute atomic E-state index is 0.494. The Kier molecular flexibility index (Phi) is 4.36. The average molecular weight is 289 g/mol. The summed E-state index contributed by atoms with van der Waals surface area (Å²) >= 11 is 0. The summed E-state index contributed by atoms with van der Waals surface area (Å²) < 4.78 is 6.68. The van der Waals surface area contributed by atoms with Gasteiger partial charge in [-0.05, 0) is 58.0 Å². The van der Waals surface area contributed by atoms with Gasteiger partial charge in [-0.3, -0.25) is 0 Å². The molecule has 4 atom stereocenters. The van der Waals surface area contributed by atoms with Gasteiger partial charge in [0.2, 0.25) is 0 Å². The number of hydrogen-bond acceptors (Lipinski definition) is 2. The average Bonchev–Trinajstić information content (AvgIpc) is 2.56. The lowest BCUT2D eigenvalue weighted by atomic mass is 9.69. The van der Waals surface area contributed by atoms with E-state index < -0.39 is 0 Å². The molecule has 0 bridgehead atoms. The van der Waals surface area contributed by atoms with Crippen LogP contribution in [0.3, 0.4) is 0 Å². The second-order valence-electron chi connectivity index (χ2n) is 7.71. The van der Waals surface area contributed by atoms with Crippen LogP contribution in [0.2, 0.25) is 0 Å². The molecule has 1 saturated carbocycles. The molecular formula is C19H31NO. The first kappa shape index (κ1) is 14.3. The zero-order chi connectivity index (χ0) is 14.1. The van der Waals surface area contributed by atoms with Crippen molar-refractivity contribution in [1.82, 2.24) is 4.90 Å². The minimum atomic E-state index is 0.494. The van der Waals surface area contributed by atoms with Gasteiger partial charge in [0.05, 0.1) is 12.2 Å². The molecule has 0 unspecified atom stereocenters. The fourth-order valence-electron chi connectivity index (χ4n) is 5.28. The predicted octanol–water partition coefficient (Wildman–Crippen LogP) is 4.16. The van der Waals surface area contributed by atoms with Crippen molar-refractivity contribution < 1.29 is 4.74 Å². The molecule has 2 saturated heterocycles. The van der Waals surface area contributed by atoms with E-state index in [2.05, 4.69) is 11.0 Å². The monoisotopic (exact) mass is 289 g/mol. The Labute approximate surface area is 129 Å². The van der Waals surface area contributed by atoms with Crippen molar-refractivity contribution >= 4 is 0 Å². The third kappa shape index (κ3) is 2.94. The molecule has 0 aromatic carbocycles. The SMILES string of the molecule is C1=C2[C@@H]3CCCC[C@@H]3O[C@@H](CN3CCCCC3)[C@H]2CCC1. The van der Waals surface area contributed by atoms with Gasteiger partial charge in [-0.15, -0.1) is 0 Å². The Hall–Kier alpha value is -0.340. The van der Waals surface area contributed by atoms with Crippen LogP contribution in [0.1, 0.15) is 64.2 Å². The number of likely N-dealkylation sites (tertiary alicyclic amines) is 1. The van der Waals surface area contributed by atoms with E-state index in [0.29, 0.717) is 12.2 Å². The summed E-state index contributed by atoms with van der Waals surface area (Å²) in [4.78, 5) is 2.68. The summed E-state index contributed by atoms with van der Waals surface area (Å²) in [5, 5.41) is 0. The topological polar surface area (TPSA) is 12.5 Å². The molecule has 2 aliphatic heterocycles. The van der Waals surface area contributed by atoms with Crippen molar-refractivity contribution in [2.45, 2.75) is 76.4 Å². The molecule has 4 rings (SSSR count). The minimum Gasteiger partial charge on any atom is -0.372 e. The van der Waals surface area contributed by atoms with Crippen LogP contribution in [-0.4, -0.2) is 36.7 Å². The maximum atomic E-state index is 6.68. The van der Waals surface area contributed by atoms with Gasteiger partial charge >= 0.3 is 0 Å². The standard InChI is InChI=1S/C19H31NO/c1-6-12-20(13-7-1)14-19-17-10-3-2-8-15(17)16-9-4-5-11-18(16)21-19/h8,16-19H,1-7,9-14H2/t16-,17-,18-,19-/m0/s1. The molecule has 0 radical (unpaired) electrons. The van der Waals surface area contributed by atoms with Gasteiger partial charge in [0.25, 0.3) is 0 Å². The Morgan fingerprint density at radius 2 is 1.71 bits per heavy atom. The number of fused-ring (bicyclic) bond motifs is 3. The first-order chi connectivity index (χ1) is 10.4. The second kappa shape index (κ2) is 6.42. The van der Waals surface area contributed by atoms with Crippen LogP contribution in [0.15, 0.2) is 11.6 Å². The maximum absolute atomic E-state index is 6.68. The van der Waals surface area contributed by atoms with Crippen molar-refractivity contribution in [1.29, 1.82) is 0 Å². The third-order valence-corrected chi connectivity index (χ3v) is 6.34. The molecule has 0 aromatic rings. The molecule has 118 valence electrons. The van der Waals surface area contributed by atoms with E-state index in [9.17, 15) is 0 Å². The van der Waals surface area contributed by atoms with Crippen molar-refractivity contribution in [2.24, 2.45) is 11.8 Å². The van der Waals surface area contributed by atoms with Crippen molar-refractivity contribution in [3.63, 3.8) is 0 Å². The highest BCUT2D eigenvalue weighted by Gasteiger charge is 2.43. The van der Waals surface area contributed by atoms with E-state index in [1.807, 2.05) is 5.57 Å². The molecule has 21 heavy (non-hydrogen) atoms. The summed E-state index contributed by atoms with van der Waals surface area (Å²) in [6.45, 7) is 3.81. The summed E-state index contributed by atoms with van der Waals surface area (Å²) in [5.74, 6) is 1.53. The molecule has 2 nitrogen and oxygen atoms in total. The Balaban J connectivity index is 1.50. The van der Waals surface area contributed by atoms with Gasteiger partial charge < -0.3 is 9.64 Å². The van der Waals surface area contributed by atoms with E-state index in [4.69, 9.17) is 4.74 Å². The summed E-state index contributed by atoms with van der Waals surface area (Å²) in [5.41, 5.74) is 1.82. The number of nitrogens with zero attached hydrogens (tertiary/aromatic N) is 1. The second-order valence-corrected chi connectivity index (χ2v) is 7.71. The van der Waals surface area contributed by atoms with Crippen molar-refractivity contribution in [3.05, 3.63) is 11.6 Å². The van der Waals surface area contributed by atoms with E-state index in [1.54, 1.807) is 0 Å². The smallest absolute Gasteiger partial charge is 0.0771 e. The van der Waals surface area contributed by atoms with Gasteiger partial charge in [0.15, 0.2) is 0 Å². The Morgan fingerprint density at radius 1 is 0.905 bits per heavy atom. The zero-order valence-electron chi connectivity index (χ0n) is 13.4. The molecule has 0 N–H and O–H groups in total. The number of piperidine rings is 1. The predicted molar refractivity (Wildman–Crippen MR) is 86.3 cm³/mol. The quantitative estimate of drug-likeness (QED) is 0.708. The van der Waals surface area contributed by atoms with Gasteiger partial charge in [-0.2, -0.15) is 0 Å². The zero-order valence-corrected chi connectivity index (χ0v) is 13.4. The van der Waals surface area contributed by atoms with Crippen molar-refractivity contribution in [2.75, 3.05) is 19.6 Å². The molecule has 2 aliphatic carbocycles. The van der Waals surface area contributed by atoms with Crippen LogP contribution in [0.4, 0.5) is 0 Å². The van der Waals surface area contributed by atoms with Gasteiger partial charge in [0.1, 0.15) is 0 Å². The normalized spacial score (nSPS) is 41.0. The van der Waals surface area contributed by atoms with Crippen LogP contribution >= 0.6 is 0 Å². The number of ether oxygens (including phenoxy) is 1. The Morgan fingerprint density at radius 3 is 2.62 bits per heavy atom. The number of rotatable bonds is 2. The van der Waals surface area contributed by atoms with Crippen molar-refractivity contribution in [3.8, 4) is 0 Å². The fraction of sp³-hybridized carbons (Fsp3) is 0.895. The largest absolute Gasteiger partial charge is 0.372 e. The molecule has 2 heterocycles. The van der Waals surface area contributed by atoms with Gasteiger partial charge in [-0.25, -0.2) is 0 Å². The fourth-order valence-corrected chi connectivity index (χ4v) is 5.28. The molecule has 0 spiro atoms. The first-order valence-corrected chi connectivity index (χ1v) is 9.49. The van der Waals surface area contributed by atoms with Gasteiger partial charge in [-0.1, -0.05) is 30.9 Å². The lowest BCUT2D eigenvalue weighted by Gasteiger charge is -2.48. The van der Waals surface area contributed by atoms with Crippen LogP contribution < -0.4 is 0 Å². The molecule has 0 amide bonds. The van der Waals surface area contributed by atoms with E-state index >= 15 is 0 Å². The number of hydrogen-bond donors (Lipinski definition) is 0. The van der Waals surface area contributed by atoms with Crippen LogP contribution in [0.5, 0.6) is 0 Å². The van der Waals surface area contributed by atoms with Crippen LogP contribution in [0.25, 0.3) is 0 Å². The molecule has 3 fully saturated rings. The lowest BCUT2D eigenvalue weighted by Crippen LogP contribution is -2.50. The molecule has 4 aliphatic rings. The van der Waals surface area contributed by atoms with Crippen LogP contribution in [0, 0.1) is 11.8 Å². The highest BCUT2D eigenvalue weighted by atomic mass is 16.5. The first-order valence-electron chi connectivity index (χ1n) is 9.49. The van der Waals surface area contributed by atoms with E-state index in [1.165, 1.54) is 83.8 Å². The molecule has 0 aromatic heterocycles. The molecular weight excluding hydrogens is 258 g/mol. The van der Waals surface area contributed by atoms with Gasteiger partial charge in [0, 0.05) is 18.4 Å². The maximum Gasteiger partial charge on any atom is 0.0771 e. The lowest BCUT2D eigenvalue weighted by molar-refractivity contribution is -0.114. The highest BCUT2D eigenvalue weighted by molar-refractivity contribution is 5.20. The van der Waals surface area contributed by atoms with Crippen LogP contribution in [-0.2, 0) is 4.74 Å². The number of allylic oxidation sites excluding steroid dienone is 1.